The Labute approximate surface area is 211 Å². The first-order chi connectivity index (χ1) is 16.2. The van der Waals surface area contributed by atoms with Crippen LogP contribution >= 0.6 is 7.82 Å². The van der Waals surface area contributed by atoms with Crippen LogP contribution in [0.4, 0.5) is 0 Å². The third-order valence-electron chi connectivity index (χ3n) is 5.96. The molecule has 2 unspecified atom stereocenters. The maximum atomic E-state index is 11.8. The van der Waals surface area contributed by atoms with Gasteiger partial charge in [-0.25, -0.2) is 0 Å². The van der Waals surface area contributed by atoms with Crippen molar-refractivity contribution in [3.05, 3.63) is 0 Å². The van der Waals surface area contributed by atoms with Crippen molar-refractivity contribution in [1.29, 1.82) is 0 Å². The van der Waals surface area contributed by atoms with E-state index < -0.39 is 13.9 Å². The summed E-state index contributed by atoms with van der Waals surface area (Å²) in [5.41, 5.74) is 0. The number of phosphoric acid groups is 1. The monoisotopic (exact) mass is 509 g/mol. The molecule has 0 aliphatic rings. The van der Waals surface area contributed by atoms with Crippen molar-refractivity contribution in [2.75, 3.05) is 61.2 Å². The number of ether oxygens (including phenoxy) is 2. The van der Waals surface area contributed by atoms with Crippen LogP contribution in [0.2, 0.25) is 0 Å². The lowest BCUT2D eigenvalue weighted by Crippen LogP contribution is -2.37. The summed E-state index contributed by atoms with van der Waals surface area (Å²) in [7, 11) is 3.12. The average Bonchev–Trinajstić information content (AvgIpc) is 2.76. The van der Waals surface area contributed by atoms with Crippen LogP contribution in [0.5, 0.6) is 0 Å². The highest BCUT2D eigenvalue weighted by Gasteiger charge is 2.16. The minimum atomic E-state index is -4.32. The summed E-state index contributed by atoms with van der Waals surface area (Å²) in [6, 6.07) is 0. The Balaban J connectivity index is 3.51. The summed E-state index contributed by atoms with van der Waals surface area (Å²) in [6.07, 6.45) is 19.6. The summed E-state index contributed by atoms with van der Waals surface area (Å²) in [5.74, 6) is 0. The molecule has 0 bridgehead atoms. The molecule has 0 N–H and O–H groups in total. The van der Waals surface area contributed by atoms with Crippen LogP contribution < -0.4 is 4.89 Å². The Morgan fingerprint density at radius 3 is 1.62 bits per heavy atom. The molecular formula is C26H56NO6P. The van der Waals surface area contributed by atoms with Gasteiger partial charge in [-0.15, -0.1) is 0 Å². The molecule has 0 fully saturated rings. The summed E-state index contributed by atoms with van der Waals surface area (Å²) in [5, 5.41) is 0. The number of unbranched alkanes of at least 4 members (excludes halogenated alkanes) is 14. The number of phosphoric ester groups is 1. The van der Waals surface area contributed by atoms with Crippen LogP contribution in [0.1, 0.15) is 103 Å². The summed E-state index contributed by atoms with van der Waals surface area (Å²) < 4.78 is 33.2. The number of nitrogens with zero attached hydrogens (tertiary/aromatic N) is 1. The summed E-state index contributed by atoms with van der Waals surface area (Å²) in [6.45, 7) is 3.82. The number of quaternary nitrogens is 1. The molecule has 0 aliphatic heterocycles. The van der Waals surface area contributed by atoms with E-state index in [4.69, 9.17) is 18.5 Å². The Morgan fingerprint density at radius 2 is 1.18 bits per heavy atom. The standard InChI is InChI=1S/C26H56NO6P/c1-6-7-8-9-10-11-12-13-14-15-16-17-18-19-20-22-31-24-26(30-5)25-33-34(28,29)32-23-21-27(2,3)4/h26H,6-25H2,1-5H3. The van der Waals surface area contributed by atoms with E-state index in [9.17, 15) is 9.46 Å². The molecule has 0 heterocycles. The maximum absolute atomic E-state index is 11.8. The van der Waals surface area contributed by atoms with E-state index in [-0.39, 0.29) is 13.2 Å². The SMILES string of the molecule is CCCCCCCCCCCCCCCCCOCC(COP(=O)([O-])OCC[N+](C)(C)C)OC. The first kappa shape index (κ1) is 34.0. The molecule has 0 aromatic carbocycles. The van der Waals surface area contributed by atoms with Crippen LogP contribution in [-0.4, -0.2) is 71.8 Å². The van der Waals surface area contributed by atoms with Crippen molar-refractivity contribution in [2.24, 2.45) is 0 Å². The molecule has 0 aromatic heterocycles. The van der Waals surface area contributed by atoms with E-state index in [2.05, 4.69) is 6.92 Å². The Bertz CT molecular complexity index is 486. The van der Waals surface area contributed by atoms with Gasteiger partial charge in [-0.1, -0.05) is 96.8 Å². The molecule has 0 aliphatic carbocycles. The van der Waals surface area contributed by atoms with Gasteiger partial charge >= 0.3 is 0 Å². The molecule has 8 heteroatoms. The van der Waals surface area contributed by atoms with Crippen molar-refractivity contribution in [1.82, 2.24) is 0 Å². The molecule has 206 valence electrons. The topological polar surface area (TPSA) is 77.1 Å². The minimum absolute atomic E-state index is 0.0949. The zero-order valence-corrected chi connectivity index (χ0v) is 24.0. The maximum Gasteiger partial charge on any atom is 0.268 e. The number of hydrogen-bond donors (Lipinski definition) is 0. The van der Waals surface area contributed by atoms with Crippen molar-refractivity contribution >= 4 is 7.82 Å². The highest BCUT2D eigenvalue weighted by atomic mass is 31.2. The van der Waals surface area contributed by atoms with Gasteiger partial charge in [-0.3, -0.25) is 4.57 Å². The second kappa shape index (κ2) is 22.2. The lowest BCUT2D eigenvalue weighted by atomic mass is 10.0. The largest absolute Gasteiger partial charge is 0.756 e. The van der Waals surface area contributed by atoms with Gasteiger partial charge in [0.15, 0.2) is 0 Å². The Kier molecular flexibility index (Phi) is 22.2. The third kappa shape index (κ3) is 25.1. The fraction of sp³-hybridized carbons (Fsp3) is 1.00. The molecular weight excluding hydrogens is 453 g/mol. The lowest BCUT2D eigenvalue weighted by molar-refractivity contribution is -0.870. The molecule has 0 rings (SSSR count). The van der Waals surface area contributed by atoms with Crippen molar-refractivity contribution in [2.45, 2.75) is 109 Å². The second-order valence-electron chi connectivity index (χ2n) is 10.5. The molecule has 34 heavy (non-hydrogen) atoms. The first-order valence-corrected chi connectivity index (χ1v) is 15.2. The Hall–Kier alpha value is -0.0100. The molecule has 0 radical (unpaired) electrons. The van der Waals surface area contributed by atoms with Crippen LogP contribution in [0.25, 0.3) is 0 Å². The zero-order chi connectivity index (χ0) is 25.5. The van der Waals surface area contributed by atoms with Crippen LogP contribution in [-0.2, 0) is 23.1 Å². The molecule has 2 atom stereocenters. The van der Waals surface area contributed by atoms with Gasteiger partial charge in [0.05, 0.1) is 34.4 Å². The summed E-state index contributed by atoms with van der Waals surface area (Å²) >= 11 is 0. The first-order valence-electron chi connectivity index (χ1n) is 13.7. The van der Waals surface area contributed by atoms with E-state index >= 15 is 0 Å². The van der Waals surface area contributed by atoms with E-state index in [0.29, 0.717) is 24.2 Å². The van der Waals surface area contributed by atoms with E-state index in [1.54, 1.807) is 0 Å². The highest BCUT2D eigenvalue weighted by molar-refractivity contribution is 7.45. The number of likely N-dealkylation sites (N-methyl/N-ethyl adjacent to an activating group) is 1. The fourth-order valence-electron chi connectivity index (χ4n) is 3.61. The number of methoxy groups -OCH3 is 1. The molecule has 0 aromatic rings. The molecule has 7 nitrogen and oxygen atoms in total. The Morgan fingerprint density at radius 1 is 0.706 bits per heavy atom. The van der Waals surface area contributed by atoms with Gasteiger partial charge in [0.25, 0.3) is 7.82 Å². The number of hydrogen-bond acceptors (Lipinski definition) is 6. The van der Waals surface area contributed by atoms with Crippen LogP contribution in [0, 0.1) is 0 Å². The van der Waals surface area contributed by atoms with Gasteiger partial charge in [-0.05, 0) is 6.42 Å². The molecule has 0 amide bonds. The summed E-state index contributed by atoms with van der Waals surface area (Å²) in [4.78, 5) is 11.8. The smallest absolute Gasteiger partial charge is 0.268 e. The predicted octanol–water partition coefficient (Wildman–Crippen LogP) is 6.10. The zero-order valence-electron chi connectivity index (χ0n) is 23.1. The van der Waals surface area contributed by atoms with Crippen molar-refractivity contribution < 1.29 is 32.5 Å². The number of rotatable bonds is 26. The van der Waals surface area contributed by atoms with Crippen LogP contribution in [0.15, 0.2) is 0 Å². The van der Waals surface area contributed by atoms with Gasteiger partial charge in [0, 0.05) is 13.7 Å². The van der Waals surface area contributed by atoms with Crippen molar-refractivity contribution in [3.63, 3.8) is 0 Å². The van der Waals surface area contributed by atoms with E-state index in [1.807, 2.05) is 21.1 Å². The van der Waals surface area contributed by atoms with E-state index in [1.165, 1.54) is 97.0 Å². The molecule has 0 spiro atoms. The predicted molar refractivity (Wildman–Crippen MR) is 139 cm³/mol. The molecule has 0 saturated heterocycles. The average molecular weight is 510 g/mol. The third-order valence-corrected chi connectivity index (χ3v) is 6.92. The quantitative estimate of drug-likeness (QED) is 0.0797. The van der Waals surface area contributed by atoms with Gasteiger partial charge in [0.2, 0.25) is 0 Å². The normalized spacial score (nSPS) is 14.9. The lowest BCUT2D eigenvalue weighted by Gasteiger charge is -2.28. The van der Waals surface area contributed by atoms with Gasteiger partial charge in [-0.2, -0.15) is 0 Å². The van der Waals surface area contributed by atoms with Gasteiger partial charge in [0.1, 0.15) is 19.3 Å². The van der Waals surface area contributed by atoms with E-state index in [0.717, 1.165) is 6.42 Å². The van der Waals surface area contributed by atoms with Crippen molar-refractivity contribution in [3.8, 4) is 0 Å². The van der Waals surface area contributed by atoms with Crippen LogP contribution in [0.3, 0.4) is 0 Å². The molecule has 0 saturated carbocycles. The second-order valence-corrected chi connectivity index (χ2v) is 11.9. The fourth-order valence-corrected chi connectivity index (χ4v) is 4.34. The van der Waals surface area contributed by atoms with Gasteiger partial charge < -0.3 is 27.9 Å². The highest BCUT2D eigenvalue weighted by Crippen LogP contribution is 2.38. The minimum Gasteiger partial charge on any atom is -0.756 e.